The molecule has 0 saturated carbocycles. The molecule has 3 nitrogen and oxygen atoms in total. The van der Waals surface area contributed by atoms with Gasteiger partial charge in [-0.05, 0) is 18.2 Å². The second kappa shape index (κ2) is 4.97. The summed E-state index contributed by atoms with van der Waals surface area (Å²) in [7, 11) is -0.758. The monoisotopic (exact) mass is 257 g/mol. The van der Waals surface area contributed by atoms with Crippen LogP contribution in [-0.2, 0) is 10.8 Å². The van der Waals surface area contributed by atoms with E-state index in [2.05, 4.69) is 0 Å². The average Bonchev–Trinajstić information content (AvgIpc) is 2.29. The molecule has 1 saturated heterocycles. The zero-order valence-corrected chi connectivity index (χ0v) is 10.3. The van der Waals surface area contributed by atoms with E-state index in [4.69, 9.17) is 11.6 Å². The highest BCUT2D eigenvalue weighted by atomic mass is 35.5. The molecule has 0 aliphatic carbocycles. The molecule has 1 heterocycles. The van der Waals surface area contributed by atoms with Crippen molar-refractivity contribution in [2.24, 2.45) is 0 Å². The van der Waals surface area contributed by atoms with Gasteiger partial charge in [-0.1, -0.05) is 17.7 Å². The van der Waals surface area contributed by atoms with Crippen molar-refractivity contribution in [2.45, 2.75) is 0 Å². The Morgan fingerprint density at radius 1 is 1.31 bits per heavy atom. The fraction of sp³-hybridized carbons (Fsp3) is 0.364. The van der Waals surface area contributed by atoms with Crippen LogP contribution in [0.15, 0.2) is 24.3 Å². The maximum atomic E-state index is 12.0. The quantitative estimate of drug-likeness (QED) is 0.766. The first-order valence-corrected chi connectivity index (χ1v) is 6.93. The highest BCUT2D eigenvalue weighted by Gasteiger charge is 2.21. The molecule has 0 spiro atoms. The number of halogens is 1. The third-order valence-electron chi connectivity index (χ3n) is 2.54. The normalized spacial score (nSPS) is 17.4. The van der Waals surface area contributed by atoms with Crippen molar-refractivity contribution >= 4 is 28.3 Å². The van der Waals surface area contributed by atoms with Crippen LogP contribution in [0.3, 0.4) is 0 Å². The van der Waals surface area contributed by atoms with Crippen molar-refractivity contribution in [2.75, 3.05) is 24.6 Å². The van der Waals surface area contributed by atoms with E-state index in [0.29, 0.717) is 35.2 Å². The van der Waals surface area contributed by atoms with Gasteiger partial charge in [0.25, 0.3) is 5.91 Å². The van der Waals surface area contributed by atoms with Gasteiger partial charge in [0.05, 0.1) is 0 Å². The maximum absolute atomic E-state index is 12.0. The van der Waals surface area contributed by atoms with Gasteiger partial charge in [0, 0.05) is 46.0 Å². The molecule has 0 atom stereocenters. The zero-order valence-electron chi connectivity index (χ0n) is 8.69. The second-order valence-electron chi connectivity index (χ2n) is 3.65. The summed E-state index contributed by atoms with van der Waals surface area (Å²) in [5.41, 5.74) is 0.597. The van der Waals surface area contributed by atoms with Gasteiger partial charge >= 0.3 is 0 Å². The van der Waals surface area contributed by atoms with Crippen molar-refractivity contribution in [3.8, 4) is 0 Å². The van der Waals surface area contributed by atoms with Gasteiger partial charge in [0.2, 0.25) is 0 Å². The van der Waals surface area contributed by atoms with E-state index >= 15 is 0 Å². The number of amides is 1. The lowest BCUT2D eigenvalue weighted by Gasteiger charge is -2.26. The van der Waals surface area contributed by atoms with Crippen molar-refractivity contribution in [1.29, 1.82) is 0 Å². The van der Waals surface area contributed by atoms with Crippen LogP contribution in [0.25, 0.3) is 0 Å². The number of hydrogen-bond acceptors (Lipinski definition) is 2. The lowest BCUT2D eigenvalue weighted by Crippen LogP contribution is -2.41. The zero-order chi connectivity index (χ0) is 11.5. The Kier molecular flexibility index (Phi) is 3.61. The molecule has 1 aliphatic rings. The fourth-order valence-corrected chi connectivity index (χ4v) is 2.89. The molecule has 0 N–H and O–H groups in total. The van der Waals surface area contributed by atoms with Gasteiger partial charge in [0.1, 0.15) is 0 Å². The van der Waals surface area contributed by atoms with Gasteiger partial charge in [0.15, 0.2) is 0 Å². The molecule has 16 heavy (non-hydrogen) atoms. The van der Waals surface area contributed by atoms with E-state index in [9.17, 15) is 9.00 Å². The van der Waals surface area contributed by atoms with Crippen LogP contribution in [0.2, 0.25) is 5.02 Å². The number of nitrogens with zero attached hydrogens (tertiary/aromatic N) is 1. The van der Waals surface area contributed by atoms with Crippen LogP contribution in [0.4, 0.5) is 0 Å². The lowest BCUT2D eigenvalue weighted by atomic mass is 10.2. The Labute approximate surface area is 102 Å². The standard InChI is InChI=1S/C11H12ClNO2S/c12-10-3-1-2-9(8-10)11(14)13-4-6-16(15)7-5-13/h1-3,8H,4-7H2. The van der Waals surface area contributed by atoms with Crippen LogP contribution in [0.5, 0.6) is 0 Å². The summed E-state index contributed by atoms with van der Waals surface area (Å²) in [6.07, 6.45) is 0. The van der Waals surface area contributed by atoms with Crippen molar-refractivity contribution in [3.63, 3.8) is 0 Å². The fourth-order valence-electron chi connectivity index (χ4n) is 1.65. The SMILES string of the molecule is O=C(c1cccc(Cl)c1)N1CCS(=O)CC1. The minimum Gasteiger partial charge on any atom is -0.337 e. The Morgan fingerprint density at radius 3 is 2.62 bits per heavy atom. The van der Waals surface area contributed by atoms with E-state index in [0.717, 1.165) is 0 Å². The third kappa shape index (κ3) is 2.62. The van der Waals surface area contributed by atoms with Crippen molar-refractivity contribution < 1.29 is 9.00 Å². The molecule has 0 aromatic heterocycles. The molecular formula is C11H12ClNO2S. The first kappa shape index (κ1) is 11.6. The molecule has 0 bridgehead atoms. The maximum Gasteiger partial charge on any atom is 0.253 e. The Balaban J connectivity index is 2.10. The molecule has 1 aliphatic heterocycles. The van der Waals surface area contributed by atoms with Crippen LogP contribution in [0, 0.1) is 0 Å². The summed E-state index contributed by atoms with van der Waals surface area (Å²) in [6.45, 7) is 1.13. The molecule has 1 aromatic carbocycles. The third-order valence-corrected chi connectivity index (χ3v) is 4.05. The summed E-state index contributed by atoms with van der Waals surface area (Å²) in [5.74, 6) is 1.12. The Bertz CT molecular complexity index is 426. The lowest BCUT2D eigenvalue weighted by molar-refractivity contribution is 0.0771. The number of benzene rings is 1. The summed E-state index contributed by atoms with van der Waals surface area (Å²) < 4.78 is 11.2. The first-order chi connectivity index (χ1) is 7.66. The van der Waals surface area contributed by atoms with E-state index in [-0.39, 0.29) is 5.91 Å². The molecule has 5 heteroatoms. The predicted molar refractivity (Wildman–Crippen MR) is 65.2 cm³/mol. The highest BCUT2D eigenvalue weighted by molar-refractivity contribution is 7.85. The van der Waals surface area contributed by atoms with Gasteiger partial charge in [-0.15, -0.1) is 0 Å². The van der Waals surface area contributed by atoms with E-state index in [1.54, 1.807) is 29.2 Å². The van der Waals surface area contributed by atoms with Crippen LogP contribution < -0.4 is 0 Å². The summed E-state index contributed by atoms with van der Waals surface area (Å²) >= 11 is 5.83. The molecule has 1 aromatic rings. The van der Waals surface area contributed by atoms with Crippen molar-refractivity contribution in [3.05, 3.63) is 34.9 Å². The molecular weight excluding hydrogens is 246 g/mol. The number of carbonyl (C=O) groups is 1. The summed E-state index contributed by atoms with van der Waals surface area (Å²) in [4.78, 5) is 13.8. The Hall–Kier alpha value is -0.870. The van der Waals surface area contributed by atoms with Crippen molar-refractivity contribution in [1.82, 2.24) is 4.90 Å². The van der Waals surface area contributed by atoms with E-state index in [1.807, 2.05) is 0 Å². The van der Waals surface area contributed by atoms with Gasteiger partial charge in [-0.2, -0.15) is 0 Å². The highest BCUT2D eigenvalue weighted by Crippen LogP contribution is 2.13. The number of carbonyl (C=O) groups excluding carboxylic acids is 1. The van der Waals surface area contributed by atoms with Crippen LogP contribution >= 0.6 is 11.6 Å². The van der Waals surface area contributed by atoms with Crippen LogP contribution in [-0.4, -0.2) is 39.6 Å². The minimum absolute atomic E-state index is 0.0285. The van der Waals surface area contributed by atoms with E-state index in [1.165, 1.54) is 0 Å². The molecule has 1 amide bonds. The topological polar surface area (TPSA) is 37.4 Å². The number of rotatable bonds is 1. The molecule has 1 fully saturated rings. The minimum atomic E-state index is -0.758. The van der Waals surface area contributed by atoms with E-state index < -0.39 is 10.8 Å². The summed E-state index contributed by atoms with van der Waals surface area (Å²) in [6, 6.07) is 6.91. The molecule has 2 rings (SSSR count). The molecule has 86 valence electrons. The Morgan fingerprint density at radius 2 is 2.00 bits per heavy atom. The molecule has 0 radical (unpaired) electrons. The number of hydrogen-bond donors (Lipinski definition) is 0. The average molecular weight is 258 g/mol. The van der Waals surface area contributed by atoms with Gasteiger partial charge < -0.3 is 4.90 Å². The predicted octanol–water partition coefficient (Wildman–Crippen LogP) is 1.54. The van der Waals surface area contributed by atoms with Gasteiger partial charge in [-0.25, -0.2) is 0 Å². The smallest absolute Gasteiger partial charge is 0.253 e. The first-order valence-electron chi connectivity index (χ1n) is 5.06. The molecule has 0 unspecified atom stereocenters. The summed E-state index contributed by atoms with van der Waals surface area (Å²) in [5, 5.41) is 0.562. The largest absolute Gasteiger partial charge is 0.337 e. The van der Waals surface area contributed by atoms with Crippen LogP contribution in [0.1, 0.15) is 10.4 Å². The second-order valence-corrected chi connectivity index (χ2v) is 5.78. The van der Waals surface area contributed by atoms with Gasteiger partial charge in [-0.3, -0.25) is 9.00 Å².